The number of aromatic amines is 1. The number of pyridine rings is 1. The van der Waals surface area contributed by atoms with E-state index in [0.29, 0.717) is 10.9 Å². The van der Waals surface area contributed by atoms with Gasteiger partial charge >= 0.3 is 0 Å². The van der Waals surface area contributed by atoms with Crippen LogP contribution in [0.25, 0.3) is 22.0 Å². The van der Waals surface area contributed by atoms with Gasteiger partial charge in [0.05, 0.1) is 39.5 Å². The minimum absolute atomic E-state index is 0.303. The van der Waals surface area contributed by atoms with Gasteiger partial charge in [0.15, 0.2) is 5.16 Å². The fourth-order valence-corrected chi connectivity index (χ4v) is 3.58. The highest BCUT2D eigenvalue weighted by Crippen LogP contribution is 2.24. The number of nitrogens with zero attached hydrogens (tertiary/aromatic N) is 2. The molecule has 6 heteroatoms. The maximum Gasteiger partial charge on any atom is 0.197 e. The Morgan fingerprint density at radius 1 is 1.27 bits per heavy atom. The van der Waals surface area contributed by atoms with Crippen LogP contribution in [0.5, 0.6) is 0 Å². The van der Waals surface area contributed by atoms with Crippen molar-refractivity contribution in [2.24, 2.45) is 0 Å². The van der Waals surface area contributed by atoms with Crippen molar-refractivity contribution in [1.82, 2.24) is 15.0 Å². The number of hydrogen-bond acceptors (Lipinski definition) is 4. The number of hydrogen-bond donors (Lipinski definition) is 1. The first-order chi connectivity index (χ1) is 10.7. The Hall–Kier alpha value is -2.47. The van der Waals surface area contributed by atoms with E-state index >= 15 is 0 Å². The summed E-state index contributed by atoms with van der Waals surface area (Å²) in [7, 11) is -1.29. The van der Waals surface area contributed by atoms with Crippen LogP contribution in [0.4, 0.5) is 0 Å². The average Bonchev–Trinajstić information content (AvgIpc) is 3.12. The van der Waals surface area contributed by atoms with Gasteiger partial charge in [-0.15, -0.1) is 0 Å². The summed E-state index contributed by atoms with van der Waals surface area (Å²) >= 11 is 0. The third kappa shape index (κ3) is 2.12. The number of para-hydroxylation sites is 2. The molecular formula is C16H13N3O2S. The Labute approximate surface area is 128 Å². The summed E-state index contributed by atoms with van der Waals surface area (Å²) in [6, 6.07) is 9.46. The fraction of sp³-hybridized carbons (Fsp3) is 0.125. The minimum Gasteiger partial charge on any atom is -0.464 e. The first-order valence-electron chi connectivity index (χ1n) is 6.87. The number of furan rings is 1. The molecule has 22 heavy (non-hydrogen) atoms. The molecule has 0 amide bonds. The molecule has 4 rings (SSSR count). The van der Waals surface area contributed by atoms with Crippen molar-refractivity contribution in [3.8, 4) is 0 Å². The monoisotopic (exact) mass is 311 g/mol. The van der Waals surface area contributed by atoms with Crippen LogP contribution >= 0.6 is 0 Å². The molecular weight excluding hydrogens is 298 g/mol. The first kappa shape index (κ1) is 13.2. The van der Waals surface area contributed by atoms with E-state index in [-0.39, 0.29) is 0 Å². The molecule has 5 nitrogen and oxygen atoms in total. The van der Waals surface area contributed by atoms with E-state index in [1.54, 1.807) is 12.5 Å². The summed E-state index contributed by atoms with van der Waals surface area (Å²) in [6.07, 6.45) is 3.37. The summed E-state index contributed by atoms with van der Waals surface area (Å²) in [5, 5.41) is 1.41. The second-order valence-electron chi connectivity index (χ2n) is 5.10. The Kier molecular flexibility index (Phi) is 3.04. The van der Waals surface area contributed by atoms with Crippen molar-refractivity contribution in [2.75, 3.05) is 0 Å². The zero-order valence-corrected chi connectivity index (χ0v) is 12.7. The van der Waals surface area contributed by atoms with Gasteiger partial charge in [-0.1, -0.05) is 12.1 Å². The molecule has 0 saturated heterocycles. The zero-order chi connectivity index (χ0) is 15.1. The van der Waals surface area contributed by atoms with Crippen molar-refractivity contribution in [2.45, 2.75) is 17.8 Å². The molecule has 3 aromatic heterocycles. The lowest BCUT2D eigenvalue weighted by molar-refractivity contribution is 0.612. The lowest BCUT2D eigenvalue weighted by atomic mass is 10.2. The van der Waals surface area contributed by atoms with Crippen molar-refractivity contribution < 1.29 is 8.63 Å². The predicted molar refractivity (Wildman–Crippen MR) is 85.0 cm³/mol. The fourth-order valence-electron chi connectivity index (χ4n) is 2.56. The van der Waals surface area contributed by atoms with Crippen LogP contribution in [0.2, 0.25) is 0 Å². The summed E-state index contributed by atoms with van der Waals surface area (Å²) in [6.45, 7) is 1.96. The van der Waals surface area contributed by atoms with E-state index in [4.69, 9.17) is 4.42 Å². The number of benzene rings is 1. The lowest BCUT2D eigenvalue weighted by Gasteiger charge is -2.01. The predicted octanol–water partition coefficient (Wildman–Crippen LogP) is 3.32. The largest absolute Gasteiger partial charge is 0.464 e. The van der Waals surface area contributed by atoms with Gasteiger partial charge < -0.3 is 9.40 Å². The van der Waals surface area contributed by atoms with Crippen molar-refractivity contribution >= 4 is 32.8 Å². The Morgan fingerprint density at radius 2 is 2.14 bits per heavy atom. The van der Waals surface area contributed by atoms with E-state index in [9.17, 15) is 4.21 Å². The normalized spacial score (nSPS) is 13.0. The third-order valence-corrected chi connectivity index (χ3v) is 4.76. The summed E-state index contributed by atoms with van der Waals surface area (Å²) in [5.74, 6) is 0.303. The molecule has 0 aliphatic rings. The molecule has 0 saturated carbocycles. The van der Waals surface area contributed by atoms with Gasteiger partial charge in [-0.05, 0) is 30.7 Å². The lowest BCUT2D eigenvalue weighted by Crippen LogP contribution is -2.01. The van der Waals surface area contributed by atoms with Crippen LogP contribution in [0.15, 0.2) is 52.4 Å². The number of imidazole rings is 1. The van der Waals surface area contributed by atoms with Crippen LogP contribution in [-0.2, 0) is 16.6 Å². The molecule has 1 N–H and O–H groups in total. The van der Waals surface area contributed by atoms with Crippen molar-refractivity contribution in [1.29, 1.82) is 0 Å². The molecule has 0 aliphatic heterocycles. The number of H-pyrrole nitrogens is 1. The number of aromatic nitrogens is 3. The SMILES string of the molecule is Cc1coc2ccnc(CS(=O)c3nc4ccccc4[nH]3)c12. The molecule has 110 valence electrons. The van der Waals surface area contributed by atoms with Crippen molar-refractivity contribution in [3.63, 3.8) is 0 Å². The van der Waals surface area contributed by atoms with Gasteiger partial charge in [-0.25, -0.2) is 4.98 Å². The minimum atomic E-state index is -1.29. The molecule has 0 radical (unpaired) electrons. The Balaban J connectivity index is 1.72. The van der Waals surface area contributed by atoms with Crippen LogP contribution in [-0.4, -0.2) is 19.2 Å². The second-order valence-corrected chi connectivity index (χ2v) is 6.46. The quantitative estimate of drug-likeness (QED) is 0.630. The van der Waals surface area contributed by atoms with E-state index in [2.05, 4.69) is 15.0 Å². The van der Waals surface area contributed by atoms with Crippen LogP contribution in [0.3, 0.4) is 0 Å². The molecule has 1 atom stereocenters. The number of aryl methyl sites for hydroxylation is 1. The maximum absolute atomic E-state index is 12.6. The standard InChI is InChI=1S/C16H13N3O2S/c1-10-8-21-14-6-7-17-13(15(10)14)9-22(20)16-18-11-4-2-3-5-12(11)19-16/h2-8H,9H2,1H3,(H,18,19). The van der Waals surface area contributed by atoms with Gasteiger partial charge in [0.25, 0.3) is 0 Å². The molecule has 0 spiro atoms. The molecule has 3 heterocycles. The van der Waals surface area contributed by atoms with E-state index < -0.39 is 10.8 Å². The number of rotatable bonds is 3. The smallest absolute Gasteiger partial charge is 0.197 e. The topological polar surface area (TPSA) is 71.8 Å². The van der Waals surface area contributed by atoms with Gasteiger partial charge in [-0.3, -0.25) is 9.19 Å². The van der Waals surface area contributed by atoms with Crippen LogP contribution in [0.1, 0.15) is 11.3 Å². The maximum atomic E-state index is 12.6. The summed E-state index contributed by atoms with van der Waals surface area (Å²) < 4.78 is 18.1. The summed E-state index contributed by atoms with van der Waals surface area (Å²) in [4.78, 5) is 11.9. The average molecular weight is 311 g/mol. The highest BCUT2D eigenvalue weighted by atomic mass is 32.2. The molecule has 4 aromatic rings. The van der Waals surface area contributed by atoms with Gasteiger partial charge in [0, 0.05) is 11.6 Å². The number of fused-ring (bicyclic) bond motifs is 2. The molecule has 0 fully saturated rings. The zero-order valence-electron chi connectivity index (χ0n) is 11.9. The highest BCUT2D eigenvalue weighted by Gasteiger charge is 2.15. The molecule has 0 bridgehead atoms. The number of nitrogens with one attached hydrogen (secondary N) is 1. The van der Waals surface area contributed by atoms with E-state index in [1.165, 1.54) is 0 Å². The molecule has 1 aromatic carbocycles. The molecule has 0 aliphatic carbocycles. The van der Waals surface area contributed by atoms with E-state index in [0.717, 1.165) is 33.3 Å². The summed E-state index contributed by atoms with van der Waals surface area (Å²) in [5.41, 5.74) is 4.24. The van der Waals surface area contributed by atoms with Gasteiger partial charge in [0.1, 0.15) is 5.58 Å². The van der Waals surface area contributed by atoms with Gasteiger partial charge in [-0.2, -0.15) is 0 Å². The third-order valence-electron chi connectivity index (χ3n) is 3.60. The van der Waals surface area contributed by atoms with Crippen LogP contribution < -0.4 is 0 Å². The van der Waals surface area contributed by atoms with Gasteiger partial charge in [0.2, 0.25) is 0 Å². The Morgan fingerprint density at radius 3 is 3.00 bits per heavy atom. The van der Waals surface area contributed by atoms with Crippen LogP contribution in [0, 0.1) is 6.92 Å². The van der Waals surface area contributed by atoms with E-state index in [1.807, 2.05) is 37.3 Å². The first-order valence-corrected chi connectivity index (χ1v) is 8.19. The highest BCUT2D eigenvalue weighted by molar-refractivity contribution is 7.84. The van der Waals surface area contributed by atoms with Crippen molar-refractivity contribution in [3.05, 3.63) is 54.0 Å². The molecule has 1 unspecified atom stereocenters. The Bertz CT molecular complexity index is 970. The second kappa shape index (κ2) is 5.06.